The molecular formula is C20H19FN4O2. The van der Waals surface area contributed by atoms with Crippen molar-refractivity contribution in [3.63, 3.8) is 0 Å². The van der Waals surface area contributed by atoms with Gasteiger partial charge in [-0.1, -0.05) is 24.3 Å². The summed E-state index contributed by atoms with van der Waals surface area (Å²) < 4.78 is 14.4. The number of rotatable bonds is 5. The van der Waals surface area contributed by atoms with Crippen LogP contribution < -0.4 is 16.4 Å². The van der Waals surface area contributed by atoms with Crippen molar-refractivity contribution in [2.45, 2.75) is 20.4 Å². The molecule has 0 saturated carbocycles. The number of fused-ring (bicyclic) bond motifs is 1. The van der Waals surface area contributed by atoms with Gasteiger partial charge in [0.05, 0.1) is 10.9 Å². The summed E-state index contributed by atoms with van der Waals surface area (Å²) in [7, 11) is 0. The highest BCUT2D eigenvalue weighted by atomic mass is 19.1. The number of anilines is 1. The van der Waals surface area contributed by atoms with Crippen LogP contribution >= 0.6 is 0 Å². The Balaban J connectivity index is 1.80. The van der Waals surface area contributed by atoms with Crippen LogP contribution in [0, 0.1) is 5.82 Å². The molecule has 2 N–H and O–H groups in total. The molecule has 0 fully saturated rings. The molecule has 3 rings (SSSR count). The van der Waals surface area contributed by atoms with Crippen molar-refractivity contribution in [1.29, 1.82) is 0 Å². The van der Waals surface area contributed by atoms with E-state index in [-0.39, 0.29) is 17.3 Å². The van der Waals surface area contributed by atoms with Crippen molar-refractivity contribution >= 4 is 28.3 Å². The van der Waals surface area contributed by atoms with Crippen LogP contribution in [0.3, 0.4) is 0 Å². The van der Waals surface area contributed by atoms with Gasteiger partial charge in [-0.3, -0.25) is 25.0 Å². The normalized spacial score (nSPS) is 11.4. The average molecular weight is 366 g/mol. The van der Waals surface area contributed by atoms with Crippen LogP contribution in [0.1, 0.15) is 19.4 Å². The molecule has 0 aliphatic rings. The molecule has 1 aromatic heterocycles. The summed E-state index contributed by atoms with van der Waals surface area (Å²) in [4.78, 5) is 29.1. The van der Waals surface area contributed by atoms with Crippen LogP contribution in [0.4, 0.5) is 10.3 Å². The summed E-state index contributed by atoms with van der Waals surface area (Å²) in [5, 5.41) is 0.517. The zero-order valence-corrected chi connectivity index (χ0v) is 15.0. The maximum atomic E-state index is 13.0. The number of hydrogen-bond acceptors (Lipinski definition) is 4. The highest BCUT2D eigenvalue weighted by Gasteiger charge is 2.10. The number of aromatic nitrogens is 2. The fourth-order valence-electron chi connectivity index (χ4n) is 2.70. The van der Waals surface area contributed by atoms with Gasteiger partial charge in [0, 0.05) is 12.6 Å². The first kappa shape index (κ1) is 18.3. The number of halogens is 1. The first-order valence-corrected chi connectivity index (χ1v) is 8.49. The Morgan fingerprint density at radius 1 is 1.19 bits per heavy atom. The maximum absolute atomic E-state index is 13.0. The van der Waals surface area contributed by atoms with Gasteiger partial charge in [-0.2, -0.15) is 0 Å². The van der Waals surface area contributed by atoms with Crippen molar-refractivity contribution in [2.24, 2.45) is 0 Å². The van der Waals surface area contributed by atoms with E-state index in [0.29, 0.717) is 23.0 Å². The molecule has 0 atom stereocenters. The lowest BCUT2D eigenvalue weighted by Gasteiger charge is -2.13. The highest BCUT2D eigenvalue weighted by molar-refractivity contribution is 5.95. The number of nitrogens with one attached hydrogen (secondary N) is 2. The summed E-state index contributed by atoms with van der Waals surface area (Å²) in [5.41, 5.74) is 7.00. The molecule has 2 aromatic carbocycles. The van der Waals surface area contributed by atoms with Gasteiger partial charge in [-0.25, -0.2) is 9.37 Å². The van der Waals surface area contributed by atoms with E-state index in [1.165, 1.54) is 22.8 Å². The van der Waals surface area contributed by atoms with E-state index in [1.54, 1.807) is 43.3 Å². The van der Waals surface area contributed by atoms with Crippen molar-refractivity contribution in [3.05, 3.63) is 76.3 Å². The third-order valence-electron chi connectivity index (χ3n) is 4.12. The molecule has 0 spiro atoms. The Morgan fingerprint density at radius 3 is 2.59 bits per heavy atom. The number of benzene rings is 2. The number of amides is 1. The fraction of sp³-hybridized carbons (Fsp3) is 0.150. The van der Waals surface area contributed by atoms with E-state index >= 15 is 0 Å². The van der Waals surface area contributed by atoms with Crippen LogP contribution in [-0.4, -0.2) is 15.5 Å². The number of allylic oxidation sites excluding steroid dienone is 1. The van der Waals surface area contributed by atoms with Crippen molar-refractivity contribution in [2.75, 3.05) is 5.43 Å². The zero-order chi connectivity index (χ0) is 19.4. The van der Waals surface area contributed by atoms with Gasteiger partial charge in [-0.05, 0) is 49.2 Å². The molecule has 0 aliphatic heterocycles. The molecule has 7 heteroatoms. The topological polar surface area (TPSA) is 76.0 Å². The van der Waals surface area contributed by atoms with Crippen LogP contribution in [0.15, 0.2) is 59.4 Å². The minimum Gasteiger partial charge on any atom is -0.277 e. The van der Waals surface area contributed by atoms with Gasteiger partial charge < -0.3 is 0 Å². The van der Waals surface area contributed by atoms with Gasteiger partial charge in [-0.15, -0.1) is 0 Å². The Morgan fingerprint density at radius 2 is 1.89 bits per heavy atom. The summed E-state index contributed by atoms with van der Waals surface area (Å²) >= 11 is 0. The van der Waals surface area contributed by atoms with Gasteiger partial charge in [0.25, 0.3) is 11.5 Å². The van der Waals surface area contributed by atoms with E-state index in [4.69, 9.17) is 0 Å². The molecule has 27 heavy (non-hydrogen) atoms. The van der Waals surface area contributed by atoms with Crippen LogP contribution in [-0.2, 0) is 11.3 Å². The van der Waals surface area contributed by atoms with E-state index in [0.717, 1.165) is 5.56 Å². The van der Waals surface area contributed by atoms with E-state index < -0.39 is 5.91 Å². The van der Waals surface area contributed by atoms with Crippen LogP contribution in [0.2, 0.25) is 0 Å². The standard InChI is InChI=1S/C20H19FN4O2/c1-3-25-19(27)16-6-4-5-7-17(16)22-20(25)24-23-18(26)12-13(2)14-8-10-15(21)11-9-14/h4-12H,3H2,1-2H3,(H,22,24)(H,23,26)/b13-12+. The van der Waals surface area contributed by atoms with Gasteiger partial charge in [0.15, 0.2) is 0 Å². The molecule has 0 aliphatic carbocycles. The smallest absolute Gasteiger partial charge is 0.262 e. The summed E-state index contributed by atoms with van der Waals surface area (Å²) in [6.45, 7) is 3.98. The molecule has 3 aromatic rings. The van der Waals surface area contributed by atoms with Gasteiger partial charge in [0.1, 0.15) is 5.82 Å². The number of hydrazine groups is 1. The molecule has 1 amide bonds. The first-order chi connectivity index (χ1) is 13.0. The summed E-state index contributed by atoms with van der Waals surface area (Å²) in [5.74, 6) is -0.498. The third-order valence-corrected chi connectivity index (χ3v) is 4.12. The number of hydrogen-bond donors (Lipinski definition) is 2. The van der Waals surface area contributed by atoms with Gasteiger partial charge >= 0.3 is 0 Å². The molecule has 0 bridgehead atoms. The zero-order valence-electron chi connectivity index (χ0n) is 15.0. The quantitative estimate of drug-likeness (QED) is 0.537. The highest BCUT2D eigenvalue weighted by Crippen LogP contribution is 2.14. The first-order valence-electron chi connectivity index (χ1n) is 8.49. The largest absolute Gasteiger partial charge is 0.277 e. The Kier molecular flexibility index (Phi) is 5.30. The van der Waals surface area contributed by atoms with Gasteiger partial charge in [0.2, 0.25) is 5.95 Å². The minimum atomic E-state index is -0.415. The Labute approximate surface area is 155 Å². The van der Waals surface area contributed by atoms with Crippen molar-refractivity contribution < 1.29 is 9.18 Å². The molecule has 0 radical (unpaired) electrons. The molecule has 0 unspecified atom stereocenters. The van der Waals surface area contributed by atoms with E-state index in [1.807, 2.05) is 6.92 Å². The lowest BCUT2D eigenvalue weighted by atomic mass is 10.1. The lowest BCUT2D eigenvalue weighted by molar-refractivity contribution is -0.116. The van der Waals surface area contributed by atoms with E-state index in [9.17, 15) is 14.0 Å². The third kappa shape index (κ3) is 4.03. The monoisotopic (exact) mass is 366 g/mol. The predicted molar refractivity (Wildman–Crippen MR) is 103 cm³/mol. The maximum Gasteiger partial charge on any atom is 0.262 e. The van der Waals surface area contributed by atoms with E-state index in [2.05, 4.69) is 15.8 Å². The van der Waals surface area contributed by atoms with Crippen LogP contribution in [0.25, 0.3) is 16.5 Å². The second-order valence-electron chi connectivity index (χ2n) is 5.95. The average Bonchev–Trinajstić information content (AvgIpc) is 2.67. The SMILES string of the molecule is CCn1c(NNC(=O)/C=C(\C)c2ccc(F)cc2)nc2ccccc2c1=O. The number of carbonyl (C=O) groups is 1. The number of para-hydroxylation sites is 1. The second-order valence-corrected chi connectivity index (χ2v) is 5.95. The minimum absolute atomic E-state index is 0.183. The molecule has 138 valence electrons. The van der Waals surface area contributed by atoms with Crippen molar-refractivity contribution in [1.82, 2.24) is 15.0 Å². The Bertz CT molecular complexity index is 1070. The number of carbonyl (C=O) groups excluding carboxylic acids is 1. The molecular weight excluding hydrogens is 347 g/mol. The fourth-order valence-corrected chi connectivity index (χ4v) is 2.70. The predicted octanol–water partition coefficient (Wildman–Crippen LogP) is 3.10. The lowest BCUT2D eigenvalue weighted by Crippen LogP contribution is -2.33. The van der Waals surface area contributed by atoms with Crippen molar-refractivity contribution in [3.8, 4) is 0 Å². The number of nitrogens with zero attached hydrogens (tertiary/aromatic N) is 2. The van der Waals surface area contributed by atoms with Crippen LogP contribution in [0.5, 0.6) is 0 Å². The summed E-state index contributed by atoms with van der Waals surface area (Å²) in [6, 6.07) is 12.9. The summed E-state index contributed by atoms with van der Waals surface area (Å²) in [6.07, 6.45) is 1.38. The molecule has 1 heterocycles. The Hall–Kier alpha value is -3.48. The molecule has 6 nitrogen and oxygen atoms in total. The molecule has 0 saturated heterocycles. The second kappa shape index (κ2) is 7.82.